The van der Waals surface area contributed by atoms with Crippen LogP contribution in [0.25, 0.3) is 0 Å². The summed E-state index contributed by atoms with van der Waals surface area (Å²) >= 11 is 5.46. The topological polar surface area (TPSA) is 17.1 Å². The molecule has 0 aromatic heterocycles. The highest BCUT2D eigenvalue weighted by Crippen LogP contribution is 1.98. The SMILES string of the molecule is CCCCC(=O)/C=C/CC/C=C/CCl. The summed E-state index contributed by atoms with van der Waals surface area (Å²) in [5, 5.41) is 0. The van der Waals surface area contributed by atoms with E-state index in [-0.39, 0.29) is 5.78 Å². The Kier molecular flexibility index (Phi) is 10.1. The van der Waals surface area contributed by atoms with Gasteiger partial charge in [-0.1, -0.05) is 31.6 Å². The fraction of sp³-hybridized carbons (Fsp3) is 0.583. The maximum atomic E-state index is 11.2. The van der Waals surface area contributed by atoms with Crippen molar-refractivity contribution in [3.05, 3.63) is 24.3 Å². The average Bonchev–Trinajstić information content (AvgIpc) is 2.20. The molecule has 0 fully saturated rings. The van der Waals surface area contributed by atoms with Gasteiger partial charge in [-0.3, -0.25) is 4.79 Å². The highest BCUT2D eigenvalue weighted by atomic mass is 35.5. The average molecular weight is 215 g/mol. The minimum absolute atomic E-state index is 0.244. The number of hydrogen-bond donors (Lipinski definition) is 0. The smallest absolute Gasteiger partial charge is 0.155 e. The largest absolute Gasteiger partial charge is 0.295 e. The van der Waals surface area contributed by atoms with Crippen LogP contribution in [0.15, 0.2) is 24.3 Å². The first-order valence-electron chi connectivity index (χ1n) is 5.21. The van der Waals surface area contributed by atoms with Crippen molar-refractivity contribution in [2.45, 2.75) is 39.0 Å². The Morgan fingerprint density at radius 3 is 2.57 bits per heavy atom. The molecule has 1 nitrogen and oxygen atoms in total. The van der Waals surface area contributed by atoms with E-state index >= 15 is 0 Å². The van der Waals surface area contributed by atoms with Crippen LogP contribution in [0.3, 0.4) is 0 Å². The lowest BCUT2D eigenvalue weighted by Gasteiger charge is -1.91. The minimum atomic E-state index is 0.244. The molecule has 14 heavy (non-hydrogen) atoms. The lowest BCUT2D eigenvalue weighted by Crippen LogP contribution is -1.90. The molecular formula is C12H19ClO. The molecule has 0 rings (SSSR count). The Morgan fingerprint density at radius 1 is 1.21 bits per heavy atom. The predicted molar refractivity (Wildman–Crippen MR) is 62.8 cm³/mol. The van der Waals surface area contributed by atoms with Gasteiger partial charge in [0.25, 0.3) is 0 Å². The fourth-order valence-electron chi connectivity index (χ4n) is 1.02. The monoisotopic (exact) mass is 214 g/mol. The molecular weight excluding hydrogens is 196 g/mol. The number of ketones is 1. The van der Waals surface area contributed by atoms with E-state index < -0.39 is 0 Å². The molecule has 0 N–H and O–H groups in total. The molecule has 0 radical (unpaired) electrons. The standard InChI is InChI=1S/C12H19ClO/c1-2-3-9-12(14)10-7-5-4-6-8-11-13/h6-8,10H,2-5,9,11H2,1H3/b8-6+,10-7+. The zero-order valence-electron chi connectivity index (χ0n) is 8.84. The van der Waals surface area contributed by atoms with Crippen molar-refractivity contribution >= 4 is 17.4 Å². The zero-order chi connectivity index (χ0) is 10.6. The van der Waals surface area contributed by atoms with Gasteiger partial charge in [0.1, 0.15) is 0 Å². The van der Waals surface area contributed by atoms with Crippen LogP contribution in [-0.4, -0.2) is 11.7 Å². The first-order chi connectivity index (χ1) is 6.81. The lowest BCUT2D eigenvalue weighted by atomic mass is 10.1. The number of carbonyl (C=O) groups excluding carboxylic acids is 1. The van der Waals surface area contributed by atoms with Crippen LogP contribution >= 0.6 is 11.6 Å². The van der Waals surface area contributed by atoms with Gasteiger partial charge in [-0.05, 0) is 25.3 Å². The summed E-state index contributed by atoms with van der Waals surface area (Å²) in [5.41, 5.74) is 0. The maximum Gasteiger partial charge on any atom is 0.155 e. The van der Waals surface area contributed by atoms with Gasteiger partial charge < -0.3 is 0 Å². The van der Waals surface area contributed by atoms with Gasteiger partial charge in [0.15, 0.2) is 5.78 Å². The van der Waals surface area contributed by atoms with Crippen molar-refractivity contribution in [3.63, 3.8) is 0 Å². The third-order valence-corrected chi connectivity index (χ3v) is 2.01. The van der Waals surface area contributed by atoms with Gasteiger partial charge in [-0.2, -0.15) is 0 Å². The molecule has 0 heterocycles. The van der Waals surface area contributed by atoms with Gasteiger partial charge in [0, 0.05) is 12.3 Å². The Morgan fingerprint density at radius 2 is 1.93 bits per heavy atom. The molecule has 80 valence electrons. The number of unbranched alkanes of at least 4 members (excludes halogenated alkanes) is 2. The van der Waals surface area contributed by atoms with Crippen LogP contribution < -0.4 is 0 Å². The van der Waals surface area contributed by atoms with Crippen LogP contribution in [-0.2, 0) is 4.79 Å². The van der Waals surface area contributed by atoms with E-state index in [0.717, 1.165) is 25.7 Å². The molecule has 2 heteroatoms. The number of hydrogen-bond acceptors (Lipinski definition) is 1. The molecule has 0 aliphatic carbocycles. The summed E-state index contributed by atoms with van der Waals surface area (Å²) in [4.78, 5) is 11.2. The first-order valence-corrected chi connectivity index (χ1v) is 5.75. The van der Waals surface area contributed by atoms with Crippen LogP contribution in [0.1, 0.15) is 39.0 Å². The third-order valence-electron chi connectivity index (χ3n) is 1.84. The van der Waals surface area contributed by atoms with Crippen LogP contribution in [0.5, 0.6) is 0 Å². The molecule has 0 aromatic rings. The Balaban J connectivity index is 3.42. The molecule has 0 aliphatic heterocycles. The fourth-order valence-corrected chi connectivity index (χ4v) is 1.15. The molecule has 0 bridgehead atoms. The number of alkyl halides is 1. The lowest BCUT2D eigenvalue weighted by molar-refractivity contribution is -0.114. The van der Waals surface area contributed by atoms with E-state index in [1.54, 1.807) is 6.08 Å². The van der Waals surface area contributed by atoms with E-state index in [9.17, 15) is 4.79 Å². The maximum absolute atomic E-state index is 11.2. The quantitative estimate of drug-likeness (QED) is 0.259. The highest BCUT2D eigenvalue weighted by Gasteiger charge is 1.93. The van der Waals surface area contributed by atoms with Gasteiger partial charge in [-0.15, -0.1) is 11.6 Å². The molecule has 0 unspecified atom stereocenters. The summed E-state index contributed by atoms with van der Waals surface area (Å²) in [6.45, 7) is 2.09. The molecule has 0 amide bonds. The van der Waals surface area contributed by atoms with Crippen LogP contribution in [0.2, 0.25) is 0 Å². The van der Waals surface area contributed by atoms with Crippen molar-refractivity contribution in [1.29, 1.82) is 0 Å². The van der Waals surface area contributed by atoms with E-state index in [1.807, 2.05) is 18.2 Å². The van der Waals surface area contributed by atoms with Crippen molar-refractivity contribution < 1.29 is 4.79 Å². The second-order valence-electron chi connectivity index (χ2n) is 3.18. The van der Waals surface area contributed by atoms with E-state index in [2.05, 4.69) is 6.92 Å². The first kappa shape index (κ1) is 13.4. The number of allylic oxidation sites excluding steroid dienone is 4. The highest BCUT2D eigenvalue weighted by molar-refractivity contribution is 6.18. The van der Waals surface area contributed by atoms with Gasteiger partial charge in [0.2, 0.25) is 0 Å². The van der Waals surface area contributed by atoms with Gasteiger partial charge >= 0.3 is 0 Å². The van der Waals surface area contributed by atoms with Crippen LogP contribution in [0, 0.1) is 0 Å². The Labute approximate surface area is 91.8 Å². The molecule has 0 aliphatic rings. The molecule has 0 atom stereocenters. The molecule has 0 aromatic carbocycles. The number of carbonyl (C=O) groups is 1. The summed E-state index contributed by atoms with van der Waals surface area (Å²) in [6, 6.07) is 0. The van der Waals surface area contributed by atoms with Crippen molar-refractivity contribution in [3.8, 4) is 0 Å². The zero-order valence-corrected chi connectivity index (χ0v) is 9.59. The van der Waals surface area contributed by atoms with Crippen molar-refractivity contribution in [1.82, 2.24) is 0 Å². The summed E-state index contributed by atoms with van der Waals surface area (Å²) in [5.74, 6) is 0.812. The summed E-state index contributed by atoms with van der Waals surface area (Å²) < 4.78 is 0. The van der Waals surface area contributed by atoms with E-state index in [4.69, 9.17) is 11.6 Å². The Bertz CT molecular complexity index is 194. The number of halogens is 1. The third kappa shape index (κ3) is 9.53. The molecule has 0 saturated heterocycles. The number of rotatable bonds is 8. The van der Waals surface area contributed by atoms with Gasteiger partial charge in [-0.25, -0.2) is 0 Å². The molecule has 0 saturated carbocycles. The van der Waals surface area contributed by atoms with Crippen molar-refractivity contribution in [2.75, 3.05) is 5.88 Å². The Hall–Kier alpha value is -0.560. The van der Waals surface area contributed by atoms with E-state index in [0.29, 0.717) is 12.3 Å². The summed E-state index contributed by atoms with van der Waals surface area (Å²) in [7, 11) is 0. The second kappa shape index (κ2) is 10.5. The van der Waals surface area contributed by atoms with Gasteiger partial charge in [0.05, 0.1) is 0 Å². The predicted octanol–water partition coefficient (Wildman–Crippen LogP) is 3.88. The summed E-state index contributed by atoms with van der Waals surface area (Å²) in [6.07, 6.45) is 12.2. The normalized spacial score (nSPS) is 11.6. The van der Waals surface area contributed by atoms with Crippen molar-refractivity contribution in [2.24, 2.45) is 0 Å². The minimum Gasteiger partial charge on any atom is -0.295 e. The van der Waals surface area contributed by atoms with Crippen LogP contribution in [0.4, 0.5) is 0 Å². The van der Waals surface area contributed by atoms with E-state index in [1.165, 1.54) is 0 Å². The molecule has 0 spiro atoms. The second-order valence-corrected chi connectivity index (χ2v) is 3.48.